The number of benzene rings is 2. The van der Waals surface area contributed by atoms with Gasteiger partial charge in [-0.3, -0.25) is 4.79 Å². The zero-order valence-corrected chi connectivity index (χ0v) is 16.7. The maximum absolute atomic E-state index is 12.0. The van der Waals surface area contributed by atoms with Crippen LogP contribution in [0.4, 0.5) is 0 Å². The van der Waals surface area contributed by atoms with Crippen LogP contribution < -0.4 is 10.2 Å². The first-order chi connectivity index (χ1) is 13.3. The third-order valence-electron chi connectivity index (χ3n) is 4.05. The predicted octanol–water partition coefficient (Wildman–Crippen LogP) is 3.23. The number of rotatable bonds is 7. The number of ether oxygens (including phenoxy) is 2. The van der Waals surface area contributed by atoms with Crippen molar-refractivity contribution in [3.63, 3.8) is 0 Å². The number of nitrogens with one attached hydrogen (secondary N) is 1. The summed E-state index contributed by atoms with van der Waals surface area (Å²) in [7, 11) is 1.31. The summed E-state index contributed by atoms with van der Waals surface area (Å²) >= 11 is 0. The van der Waals surface area contributed by atoms with Gasteiger partial charge in [-0.25, -0.2) is 10.2 Å². The minimum atomic E-state index is -0.443. The Kier molecular flexibility index (Phi) is 7.32. The van der Waals surface area contributed by atoms with Crippen LogP contribution in [0.3, 0.4) is 0 Å². The molecule has 1 amide bonds. The van der Waals surface area contributed by atoms with Crippen LogP contribution in [-0.4, -0.2) is 31.8 Å². The van der Waals surface area contributed by atoms with E-state index in [1.807, 2.05) is 12.1 Å². The van der Waals surface area contributed by atoms with Crippen molar-refractivity contribution in [1.82, 2.24) is 5.43 Å². The second kappa shape index (κ2) is 9.69. The molecule has 148 valence electrons. The number of hydrazone groups is 1. The molecule has 6 nitrogen and oxygen atoms in total. The Labute approximate surface area is 165 Å². The van der Waals surface area contributed by atoms with E-state index in [1.54, 1.807) is 30.5 Å². The summed E-state index contributed by atoms with van der Waals surface area (Å²) in [5, 5.41) is 3.97. The summed E-state index contributed by atoms with van der Waals surface area (Å²) in [6.07, 6.45) is 1.81. The molecular formula is C22H26N2O4. The molecule has 2 rings (SSSR count). The molecule has 2 aromatic rings. The summed E-state index contributed by atoms with van der Waals surface area (Å²) in [5.41, 5.74) is 5.57. The van der Waals surface area contributed by atoms with Gasteiger partial charge >= 0.3 is 5.97 Å². The molecule has 0 saturated heterocycles. The second-order valence-corrected chi connectivity index (χ2v) is 7.35. The number of nitrogens with zero attached hydrogens (tertiary/aromatic N) is 1. The zero-order valence-electron chi connectivity index (χ0n) is 16.7. The Balaban J connectivity index is 1.82. The molecule has 0 saturated carbocycles. The van der Waals surface area contributed by atoms with Gasteiger partial charge in [-0.1, -0.05) is 45.0 Å². The van der Waals surface area contributed by atoms with E-state index in [9.17, 15) is 9.59 Å². The van der Waals surface area contributed by atoms with Gasteiger partial charge in [0.1, 0.15) is 5.75 Å². The van der Waals surface area contributed by atoms with Gasteiger partial charge in [0.15, 0.2) is 6.61 Å². The van der Waals surface area contributed by atoms with Crippen molar-refractivity contribution in [2.45, 2.75) is 32.6 Å². The zero-order chi connectivity index (χ0) is 20.6. The average molecular weight is 382 g/mol. The first-order valence-corrected chi connectivity index (χ1v) is 8.99. The fourth-order valence-corrected chi connectivity index (χ4v) is 2.38. The van der Waals surface area contributed by atoms with Crippen LogP contribution in [0.25, 0.3) is 0 Å². The lowest BCUT2D eigenvalue weighted by Gasteiger charge is -2.19. The summed E-state index contributed by atoms with van der Waals surface area (Å²) in [6.45, 7) is 6.32. The van der Waals surface area contributed by atoms with Crippen molar-refractivity contribution in [2.75, 3.05) is 13.7 Å². The van der Waals surface area contributed by atoms with Crippen LogP contribution in [-0.2, 0) is 26.2 Å². The fraction of sp³-hybridized carbons (Fsp3) is 0.318. The lowest BCUT2D eigenvalue weighted by molar-refractivity contribution is -0.142. The Bertz CT molecular complexity index is 819. The van der Waals surface area contributed by atoms with Gasteiger partial charge in [0.2, 0.25) is 5.91 Å². The molecule has 2 aromatic carbocycles. The van der Waals surface area contributed by atoms with Crippen molar-refractivity contribution >= 4 is 18.1 Å². The van der Waals surface area contributed by atoms with Crippen LogP contribution in [0.5, 0.6) is 5.75 Å². The SMILES string of the molecule is COC(=O)COc1ccc(/C=N\NC(=O)Cc2ccc(C(C)(C)C)cc2)cc1. The number of esters is 1. The van der Waals surface area contributed by atoms with Gasteiger partial charge in [0.25, 0.3) is 0 Å². The predicted molar refractivity (Wildman–Crippen MR) is 109 cm³/mol. The normalized spacial score (nSPS) is 11.3. The van der Waals surface area contributed by atoms with Crippen LogP contribution in [0.2, 0.25) is 0 Å². The molecule has 0 spiro atoms. The quantitative estimate of drug-likeness (QED) is 0.453. The van der Waals surface area contributed by atoms with Gasteiger partial charge in [0, 0.05) is 0 Å². The van der Waals surface area contributed by atoms with Crippen molar-refractivity contribution < 1.29 is 19.1 Å². The van der Waals surface area contributed by atoms with Crippen molar-refractivity contribution in [1.29, 1.82) is 0 Å². The fourth-order valence-electron chi connectivity index (χ4n) is 2.38. The number of hydrogen-bond donors (Lipinski definition) is 1. The van der Waals surface area contributed by atoms with Crippen LogP contribution in [0, 0.1) is 0 Å². The third kappa shape index (κ3) is 6.87. The Morgan fingerprint density at radius 2 is 1.68 bits per heavy atom. The van der Waals surface area contributed by atoms with Crippen LogP contribution in [0.15, 0.2) is 53.6 Å². The molecule has 0 heterocycles. The first kappa shape index (κ1) is 21.2. The molecule has 0 aliphatic rings. The topological polar surface area (TPSA) is 77.0 Å². The van der Waals surface area contributed by atoms with E-state index in [0.717, 1.165) is 11.1 Å². The van der Waals surface area contributed by atoms with Gasteiger partial charge in [-0.2, -0.15) is 5.10 Å². The standard InChI is InChI=1S/C22H26N2O4/c1-22(2,3)18-9-5-16(6-10-18)13-20(25)24-23-14-17-7-11-19(12-8-17)28-15-21(26)27-4/h5-12,14H,13,15H2,1-4H3,(H,24,25)/b23-14-. The third-order valence-corrected chi connectivity index (χ3v) is 4.05. The Hall–Kier alpha value is -3.15. The molecule has 6 heteroatoms. The Morgan fingerprint density at radius 1 is 1.04 bits per heavy atom. The van der Waals surface area contributed by atoms with Gasteiger partial charge in [-0.05, 0) is 46.4 Å². The molecule has 0 aliphatic heterocycles. The van der Waals surface area contributed by atoms with Crippen LogP contribution in [0.1, 0.15) is 37.5 Å². The lowest BCUT2D eigenvalue weighted by Crippen LogP contribution is -2.20. The first-order valence-electron chi connectivity index (χ1n) is 8.99. The van der Waals surface area contributed by atoms with E-state index in [1.165, 1.54) is 12.7 Å². The van der Waals surface area contributed by atoms with E-state index >= 15 is 0 Å². The molecule has 0 unspecified atom stereocenters. The van der Waals surface area contributed by atoms with E-state index in [0.29, 0.717) is 5.75 Å². The Morgan fingerprint density at radius 3 is 2.25 bits per heavy atom. The van der Waals surface area contributed by atoms with Gasteiger partial charge in [-0.15, -0.1) is 0 Å². The number of carbonyl (C=O) groups is 2. The summed E-state index contributed by atoms with van der Waals surface area (Å²) in [5.74, 6) is -0.0792. The molecule has 0 aliphatic carbocycles. The van der Waals surface area contributed by atoms with Crippen molar-refractivity contribution in [2.24, 2.45) is 5.10 Å². The van der Waals surface area contributed by atoms with E-state index in [4.69, 9.17) is 4.74 Å². The molecule has 28 heavy (non-hydrogen) atoms. The van der Waals surface area contributed by atoms with Crippen molar-refractivity contribution in [3.8, 4) is 5.75 Å². The highest BCUT2D eigenvalue weighted by molar-refractivity contribution is 5.83. The maximum atomic E-state index is 12.0. The molecule has 0 radical (unpaired) electrons. The molecule has 0 fully saturated rings. The number of hydrogen-bond acceptors (Lipinski definition) is 5. The van der Waals surface area contributed by atoms with E-state index < -0.39 is 5.97 Å². The maximum Gasteiger partial charge on any atom is 0.343 e. The summed E-state index contributed by atoms with van der Waals surface area (Å²) in [4.78, 5) is 23.1. The second-order valence-electron chi connectivity index (χ2n) is 7.35. The smallest absolute Gasteiger partial charge is 0.343 e. The monoisotopic (exact) mass is 382 g/mol. The summed E-state index contributed by atoms with van der Waals surface area (Å²) in [6, 6.07) is 15.0. The number of methoxy groups -OCH3 is 1. The highest BCUT2D eigenvalue weighted by Crippen LogP contribution is 2.22. The van der Waals surface area contributed by atoms with E-state index in [2.05, 4.69) is 48.2 Å². The lowest BCUT2D eigenvalue weighted by atomic mass is 9.86. The minimum Gasteiger partial charge on any atom is -0.482 e. The van der Waals surface area contributed by atoms with E-state index in [-0.39, 0.29) is 24.3 Å². The number of carbonyl (C=O) groups excluding carboxylic acids is 2. The highest BCUT2D eigenvalue weighted by atomic mass is 16.6. The highest BCUT2D eigenvalue weighted by Gasteiger charge is 2.13. The van der Waals surface area contributed by atoms with Gasteiger partial charge < -0.3 is 9.47 Å². The summed E-state index contributed by atoms with van der Waals surface area (Å²) < 4.78 is 9.77. The largest absolute Gasteiger partial charge is 0.482 e. The number of amides is 1. The minimum absolute atomic E-state index is 0.0883. The molecule has 0 aromatic heterocycles. The van der Waals surface area contributed by atoms with Gasteiger partial charge in [0.05, 0.1) is 19.7 Å². The van der Waals surface area contributed by atoms with Crippen molar-refractivity contribution in [3.05, 3.63) is 65.2 Å². The molecule has 0 atom stereocenters. The van der Waals surface area contributed by atoms with Crippen LogP contribution >= 0.6 is 0 Å². The molecule has 1 N–H and O–H groups in total. The molecule has 0 bridgehead atoms. The average Bonchev–Trinajstić information content (AvgIpc) is 2.66. The molecular weight excluding hydrogens is 356 g/mol.